The van der Waals surface area contributed by atoms with Gasteiger partial charge in [0, 0.05) is 13.0 Å². The summed E-state index contributed by atoms with van der Waals surface area (Å²) in [6, 6.07) is 5.11. The molecule has 1 aromatic rings. The van der Waals surface area contributed by atoms with Crippen LogP contribution in [0.4, 0.5) is 0 Å². The molecule has 0 aliphatic carbocycles. The molecule has 0 saturated heterocycles. The minimum absolute atomic E-state index is 0.191. The monoisotopic (exact) mass is 247 g/mol. The van der Waals surface area contributed by atoms with Crippen LogP contribution in [0.5, 0.6) is 11.5 Å². The predicted molar refractivity (Wildman–Crippen MR) is 69.9 cm³/mol. The topological polar surface area (TPSA) is 47.6 Å². The van der Waals surface area contributed by atoms with Gasteiger partial charge in [0.15, 0.2) is 0 Å². The first-order chi connectivity index (χ1) is 8.72. The number of nitrogens with one attached hydrogen (secondary N) is 1. The molecule has 4 heteroatoms. The molecule has 0 heterocycles. The molecule has 1 N–H and O–H groups in total. The zero-order valence-electron chi connectivity index (χ0n) is 10.9. The number of carbonyl (C=O) groups excluding carboxylic acids is 1. The van der Waals surface area contributed by atoms with Crippen LogP contribution in [0.2, 0.25) is 0 Å². The van der Waals surface area contributed by atoms with Crippen molar-refractivity contribution in [1.29, 1.82) is 0 Å². The van der Waals surface area contributed by atoms with Crippen LogP contribution in [0.1, 0.15) is 23.7 Å². The van der Waals surface area contributed by atoms with E-state index in [0.717, 1.165) is 0 Å². The van der Waals surface area contributed by atoms with E-state index in [1.165, 1.54) is 7.11 Å². The fraction of sp³-hybridized carbons (Fsp3) is 0.357. The van der Waals surface area contributed by atoms with E-state index in [9.17, 15) is 4.79 Å². The maximum Gasteiger partial charge on any atom is 0.255 e. The van der Waals surface area contributed by atoms with Gasteiger partial charge in [-0.05, 0) is 25.1 Å². The summed E-state index contributed by atoms with van der Waals surface area (Å²) < 4.78 is 10.2. The Balaban J connectivity index is 2.78. The van der Waals surface area contributed by atoms with Gasteiger partial charge in [-0.1, -0.05) is 0 Å². The van der Waals surface area contributed by atoms with Gasteiger partial charge in [-0.25, -0.2) is 0 Å². The molecular formula is C14H17NO3. The summed E-state index contributed by atoms with van der Waals surface area (Å²) in [5.74, 6) is 6.61. The number of rotatable bonds is 5. The molecule has 0 bridgehead atoms. The second-order valence-corrected chi connectivity index (χ2v) is 3.50. The van der Waals surface area contributed by atoms with Crippen molar-refractivity contribution in [3.8, 4) is 23.3 Å². The molecule has 0 unspecified atom stereocenters. The van der Waals surface area contributed by atoms with Crippen molar-refractivity contribution in [2.24, 2.45) is 0 Å². The van der Waals surface area contributed by atoms with E-state index in [4.69, 9.17) is 9.47 Å². The lowest BCUT2D eigenvalue weighted by atomic mass is 10.1. The second kappa shape index (κ2) is 7.23. The number of amides is 1. The maximum absolute atomic E-state index is 12.0. The van der Waals surface area contributed by atoms with Crippen molar-refractivity contribution in [2.75, 3.05) is 20.8 Å². The Hall–Kier alpha value is -2.15. The average molecular weight is 247 g/mol. The molecule has 0 aliphatic rings. The molecule has 0 fully saturated rings. The van der Waals surface area contributed by atoms with E-state index in [2.05, 4.69) is 17.2 Å². The molecule has 1 amide bonds. The third-order valence-corrected chi connectivity index (χ3v) is 2.36. The molecule has 0 saturated carbocycles. The van der Waals surface area contributed by atoms with Gasteiger partial charge in [-0.3, -0.25) is 4.79 Å². The highest BCUT2D eigenvalue weighted by atomic mass is 16.5. The van der Waals surface area contributed by atoms with Crippen molar-refractivity contribution < 1.29 is 14.3 Å². The Morgan fingerprint density at radius 3 is 2.72 bits per heavy atom. The van der Waals surface area contributed by atoms with Crippen LogP contribution in [-0.4, -0.2) is 26.7 Å². The van der Waals surface area contributed by atoms with Crippen LogP contribution >= 0.6 is 0 Å². The van der Waals surface area contributed by atoms with Gasteiger partial charge in [0.05, 0.1) is 19.8 Å². The fourth-order valence-corrected chi connectivity index (χ4v) is 1.45. The molecule has 0 aliphatic heterocycles. The first kappa shape index (κ1) is 13.9. The second-order valence-electron chi connectivity index (χ2n) is 3.50. The molecular weight excluding hydrogens is 230 g/mol. The van der Waals surface area contributed by atoms with E-state index < -0.39 is 0 Å². The summed E-state index contributed by atoms with van der Waals surface area (Å²) in [5, 5.41) is 2.78. The van der Waals surface area contributed by atoms with Gasteiger partial charge in [-0.15, -0.1) is 11.8 Å². The van der Waals surface area contributed by atoms with Crippen molar-refractivity contribution >= 4 is 5.91 Å². The standard InChI is InChI=1S/C14H17NO3/c1-4-5-6-9-15-14(16)12-10-11(17-2)7-8-13(12)18-3/h7-8,10H,6,9H2,1-3H3,(H,15,16). The van der Waals surface area contributed by atoms with Gasteiger partial charge in [0.25, 0.3) is 5.91 Å². The number of hydrogen-bond acceptors (Lipinski definition) is 3. The lowest BCUT2D eigenvalue weighted by Crippen LogP contribution is -2.24. The van der Waals surface area contributed by atoms with Crippen LogP contribution in [0.25, 0.3) is 0 Å². The summed E-state index contributed by atoms with van der Waals surface area (Å²) in [4.78, 5) is 12.0. The summed E-state index contributed by atoms with van der Waals surface area (Å²) in [5.41, 5.74) is 0.460. The highest BCUT2D eigenvalue weighted by Crippen LogP contribution is 2.23. The molecule has 1 rings (SSSR count). The van der Waals surface area contributed by atoms with E-state index in [-0.39, 0.29) is 5.91 Å². The Labute approximate surface area is 107 Å². The highest BCUT2D eigenvalue weighted by Gasteiger charge is 2.12. The SMILES string of the molecule is CC#CCCNC(=O)c1cc(OC)ccc1OC. The van der Waals surface area contributed by atoms with Gasteiger partial charge in [0.1, 0.15) is 11.5 Å². The van der Waals surface area contributed by atoms with Crippen LogP contribution in [0, 0.1) is 11.8 Å². The van der Waals surface area contributed by atoms with Gasteiger partial charge < -0.3 is 14.8 Å². The lowest BCUT2D eigenvalue weighted by Gasteiger charge is -2.10. The number of hydrogen-bond donors (Lipinski definition) is 1. The first-order valence-corrected chi connectivity index (χ1v) is 5.62. The molecule has 96 valence electrons. The van der Waals surface area contributed by atoms with Gasteiger partial charge in [0.2, 0.25) is 0 Å². The minimum atomic E-state index is -0.191. The minimum Gasteiger partial charge on any atom is -0.497 e. The Morgan fingerprint density at radius 1 is 1.33 bits per heavy atom. The molecule has 4 nitrogen and oxygen atoms in total. The third kappa shape index (κ3) is 3.70. The Kier molecular flexibility index (Phi) is 5.59. The smallest absolute Gasteiger partial charge is 0.255 e. The summed E-state index contributed by atoms with van der Waals surface area (Å²) in [6.07, 6.45) is 0.633. The normalized spacial score (nSPS) is 9.06. The van der Waals surface area contributed by atoms with Crippen LogP contribution in [0.3, 0.4) is 0 Å². The van der Waals surface area contributed by atoms with Crippen LogP contribution in [0.15, 0.2) is 18.2 Å². The molecule has 0 radical (unpaired) electrons. The highest BCUT2D eigenvalue weighted by molar-refractivity contribution is 5.97. The zero-order valence-corrected chi connectivity index (χ0v) is 10.9. The molecule has 0 atom stereocenters. The van der Waals surface area contributed by atoms with E-state index >= 15 is 0 Å². The molecule has 1 aromatic carbocycles. The summed E-state index contributed by atoms with van der Waals surface area (Å²) >= 11 is 0. The largest absolute Gasteiger partial charge is 0.497 e. The third-order valence-electron chi connectivity index (χ3n) is 2.36. The number of ether oxygens (including phenoxy) is 2. The van der Waals surface area contributed by atoms with Crippen molar-refractivity contribution in [1.82, 2.24) is 5.32 Å². The Bertz CT molecular complexity index is 472. The zero-order chi connectivity index (χ0) is 13.4. The quantitative estimate of drug-likeness (QED) is 0.638. The number of methoxy groups -OCH3 is 2. The molecule has 18 heavy (non-hydrogen) atoms. The van der Waals surface area contributed by atoms with E-state index in [1.807, 2.05) is 0 Å². The predicted octanol–water partition coefficient (Wildman–Crippen LogP) is 1.85. The fourth-order valence-electron chi connectivity index (χ4n) is 1.45. The first-order valence-electron chi connectivity index (χ1n) is 5.62. The van der Waals surface area contributed by atoms with Crippen molar-refractivity contribution in [2.45, 2.75) is 13.3 Å². The number of carbonyl (C=O) groups is 1. The molecule has 0 spiro atoms. The van der Waals surface area contributed by atoms with Crippen LogP contribution in [-0.2, 0) is 0 Å². The van der Waals surface area contributed by atoms with Crippen molar-refractivity contribution in [3.63, 3.8) is 0 Å². The summed E-state index contributed by atoms with van der Waals surface area (Å²) in [7, 11) is 3.08. The lowest BCUT2D eigenvalue weighted by molar-refractivity contribution is 0.0951. The van der Waals surface area contributed by atoms with Gasteiger partial charge in [-0.2, -0.15) is 0 Å². The van der Waals surface area contributed by atoms with E-state index in [0.29, 0.717) is 30.0 Å². The Morgan fingerprint density at radius 2 is 2.11 bits per heavy atom. The number of benzene rings is 1. The van der Waals surface area contributed by atoms with E-state index in [1.54, 1.807) is 32.2 Å². The van der Waals surface area contributed by atoms with Crippen LogP contribution < -0.4 is 14.8 Å². The summed E-state index contributed by atoms with van der Waals surface area (Å²) in [6.45, 7) is 2.28. The van der Waals surface area contributed by atoms with Gasteiger partial charge >= 0.3 is 0 Å². The maximum atomic E-state index is 12.0. The average Bonchev–Trinajstić information content (AvgIpc) is 2.42. The van der Waals surface area contributed by atoms with Crippen molar-refractivity contribution in [3.05, 3.63) is 23.8 Å². The molecule has 0 aromatic heterocycles.